The van der Waals surface area contributed by atoms with E-state index in [2.05, 4.69) is 13.6 Å². The van der Waals surface area contributed by atoms with E-state index >= 15 is 0 Å². The first-order valence-corrected chi connectivity index (χ1v) is 8.16. The topological polar surface area (TPSA) is 44.8 Å². The predicted molar refractivity (Wildman–Crippen MR) is 66.6 cm³/mol. The predicted octanol–water partition coefficient (Wildman–Crippen LogP) is 5.19. The zero-order valence-electron chi connectivity index (χ0n) is 12.4. The Morgan fingerprint density at radius 2 is 1.43 bits per heavy atom. The molecule has 0 N–H and O–H groups in total. The summed E-state index contributed by atoms with van der Waals surface area (Å²) in [6, 6.07) is 0. The van der Waals surface area contributed by atoms with Gasteiger partial charge in [0.2, 0.25) is 0 Å². The fourth-order valence-corrected chi connectivity index (χ4v) is 2.41. The highest BCUT2D eigenvalue weighted by Gasteiger charge is 2.69. The summed E-state index contributed by atoms with van der Waals surface area (Å²) in [5.74, 6) is -12.0. The lowest BCUT2D eigenvalue weighted by atomic mass is 10.2. The first kappa shape index (κ1) is 22.6. The zero-order chi connectivity index (χ0) is 18.3. The van der Waals surface area contributed by atoms with Crippen molar-refractivity contribution in [2.45, 2.75) is 57.7 Å². The number of alkyl halides is 7. The van der Waals surface area contributed by atoms with Gasteiger partial charge < -0.3 is 0 Å². The molecule has 0 aromatic heterocycles. The van der Waals surface area contributed by atoms with E-state index in [-0.39, 0.29) is 26.1 Å². The van der Waals surface area contributed by atoms with Gasteiger partial charge in [0.05, 0.1) is 13.2 Å². The number of halogens is 7. The Morgan fingerprint density at radius 3 is 1.87 bits per heavy atom. The number of phosphoric acid groups is 1. The molecule has 0 amide bonds. The first-order valence-electron chi connectivity index (χ1n) is 6.70. The molecule has 2 atom stereocenters. The van der Waals surface area contributed by atoms with Gasteiger partial charge in [0, 0.05) is 0 Å². The third kappa shape index (κ3) is 6.21. The summed E-state index contributed by atoms with van der Waals surface area (Å²) in [6.45, 7) is 2.49. The Kier molecular flexibility index (Phi) is 9.04. The highest BCUT2D eigenvalue weighted by Crippen LogP contribution is 2.54. The molecule has 0 radical (unpaired) electrons. The molecular weight excluding hydrogens is 360 g/mol. The molecule has 0 heterocycles. The van der Waals surface area contributed by atoms with Gasteiger partial charge in [0.1, 0.15) is 0 Å². The molecule has 0 aromatic rings. The standard InChI is InChI=1S/C11H18F7O4P/c1-3-5-7-21-23(19,20-6-4-2)22-9(14)11(17,18)10(15,16)8(12)13/h8-9H,3-7H2,1-2H3. The van der Waals surface area contributed by atoms with E-state index in [9.17, 15) is 35.3 Å². The Bertz CT molecular complexity index is 395. The molecule has 12 heteroatoms. The van der Waals surface area contributed by atoms with Gasteiger partial charge in [-0.25, -0.2) is 22.3 Å². The summed E-state index contributed by atoms with van der Waals surface area (Å²) >= 11 is 0. The van der Waals surface area contributed by atoms with Crippen molar-refractivity contribution in [3.8, 4) is 0 Å². The van der Waals surface area contributed by atoms with Gasteiger partial charge in [0.25, 0.3) is 6.36 Å². The maximum absolute atomic E-state index is 13.4. The SMILES string of the molecule is CCCCOP(=O)(OCCC)OC(F)C(F)(F)C(F)(F)C(F)F. The molecule has 0 aliphatic rings. The third-order valence-corrected chi connectivity index (χ3v) is 3.87. The lowest BCUT2D eigenvalue weighted by molar-refractivity contribution is -0.313. The van der Waals surface area contributed by atoms with E-state index in [1.54, 1.807) is 6.92 Å². The van der Waals surface area contributed by atoms with Crippen molar-refractivity contribution < 1.29 is 48.9 Å². The molecule has 0 saturated heterocycles. The first-order chi connectivity index (χ1) is 10.4. The lowest BCUT2D eigenvalue weighted by Gasteiger charge is -2.29. The molecule has 140 valence electrons. The van der Waals surface area contributed by atoms with Crippen LogP contribution in [0, 0.1) is 0 Å². The fourth-order valence-electron chi connectivity index (χ4n) is 1.10. The Morgan fingerprint density at radius 1 is 0.913 bits per heavy atom. The van der Waals surface area contributed by atoms with Crippen LogP contribution >= 0.6 is 7.82 Å². The van der Waals surface area contributed by atoms with Crippen molar-refractivity contribution in [2.75, 3.05) is 13.2 Å². The fraction of sp³-hybridized carbons (Fsp3) is 1.00. The molecule has 4 nitrogen and oxygen atoms in total. The molecule has 0 aromatic carbocycles. The normalized spacial score (nSPS) is 17.3. The summed E-state index contributed by atoms with van der Waals surface area (Å²) < 4.78 is 114. The lowest BCUT2D eigenvalue weighted by Crippen LogP contribution is -2.53. The number of phosphoric ester groups is 1. The van der Waals surface area contributed by atoms with Crippen molar-refractivity contribution in [1.29, 1.82) is 0 Å². The average Bonchev–Trinajstić information content (AvgIpc) is 2.45. The van der Waals surface area contributed by atoms with Crippen LogP contribution in [0.4, 0.5) is 30.7 Å². The number of rotatable bonds is 12. The van der Waals surface area contributed by atoms with Gasteiger partial charge >= 0.3 is 26.1 Å². The summed E-state index contributed by atoms with van der Waals surface area (Å²) in [4.78, 5) is 0. The second-order valence-corrected chi connectivity index (χ2v) is 6.06. The van der Waals surface area contributed by atoms with Gasteiger partial charge in [-0.2, -0.15) is 17.6 Å². The quantitative estimate of drug-likeness (QED) is 0.267. The van der Waals surface area contributed by atoms with E-state index in [0.29, 0.717) is 6.42 Å². The van der Waals surface area contributed by atoms with Crippen LogP contribution in [0.25, 0.3) is 0 Å². The third-order valence-electron chi connectivity index (χ3n) is 2.43. The minimum absolute atomic E-state index is 0.199. The van der Waals surface area contributed by atoms with Crippen molar-refractivity contribution in [3.63, 3.8) is 0 Å². The van der Waals surface area contributed by atoms with Crippen molar-refractivity contribution >= 4 is 7.82 Å². The second-order valence-electron chi connectivity index (χ2n) is 4.44. The molecule has 0 aliphatic carbocycles. The Balaban J connectivity index is 5.13. The van der Waals surface area contributed by atoms with E-state index in [1.807, 2.05) is 0 Å². The second kappa shape index (κ2) is 9.19. The smallest absolute Gasteiger partial charge is 0.287 e. The van der Waals surface area contributed by atoms with Gasteiger partial charge in [-0.3, -0.25) is 9.05 Å². The minimum atomic E-state index is -6.02. The van der Waals surface area contributed by atoms with Crippen LogP contribution < -0.4 is 0 Å². The van der Waals surface area contributed by atoms with Crippen LogP contribution in [0.1, 0.15) is 33.1 Å². The molecule has 23 heavy (non-hydrogen) atoms. The van der Waals surface area contributed by atoms with Crippen LogP contribution in [0.2, 0.25) is 0 Å². The molecule has 0 spiro atoms. The van der Waals surface area contributed by atoms with E-state index in [4.69, 9.17) is 0 Å². The Labute approximate surface area is 128 Å². The summed E-state index contributed by atoms with van der Waals surface area (Å²) in [7, 11) is -4.95. The molecule has 0 rings (SSSR count). The molecule has 0 fully saturated rings. The van der Waals surface area contributed by atoms with Crippen LogP contribution in [-0.4, -0.2) is 37.8 Å². The number of unbranched alkanes of at least 4 members (excludes halogenated alkanes) is 1. The van der Waals surface area contributed by atoms with E-state index in [0.717, 1.165) is 0 Å². The van der Waals surface area contributed by atoms with Gasteiger partial charge in [-0.1, -0.05) is 20.3 Å². The minimum Gasteiger partial charge on any atom is -0.287 e. The van der Waals surface area contributed by atoms with Crippen molar-refractivity contribution in [1.82, 2.24) is 0 Å². The van der Waals surface area contributed by atoms with Crippen molar-refractivity contribution in [3.05, 3.63) is 0 Å². The highest BCUT2D eigenvalue weighted by atomic mass is 31.2. The van der Waals surface area contributed by atoms with Crippen molar-refractivity contribution in [2.24, 2.45) is 0 Å². The average molecular weight is 378 g/mol. The van der Waals surface area contributed by atoms with Gasteiger partial charge in [0.15, 0.2) is 0 Å². The van der Waals surface area contributed by atoms with Crippen LogP contribution in [0.15, 0.2) is 0 Å². The summed E-state index contributed by atoms with van der Waals surface area (Å²) in [6.07, 6.45) is -8.17. The van der Waals surface area contributed by atoms with E-state index in [1.165, 1.54) is 6.92 Å². The molecule has 0 aliphatic heterocycles. The molecule has 0 saturated carbocycles. The molecule has 0 bridgehead atoms. The van der Waals surface area contributed by atoms with Crippen LogP contribution in [-0.2, 0) is 18.1 Å². The maximum Gasteiger partial charge on any atom is 0.477 e. The number of hydrogen-bond donors (Lipinski definition) is 0. The summed E-state index contributed by atoms with van der Waals surface area (Å²) in [5.41, 5.74) is 0. The zero-order valence-corrected chi connectivity index (χ0v) is 13.3. The monoisotopic (exact) mass is 378 g/mol. The van der Waals surface area contributed by atoms with Crippen LogP contribution in [0.5, 0.6) is 0 Å². The van der Waals surface area contributed by atoms with Gasteiger partial charge in [-0.15, -0.1) is 0 Å². The van der Waals surface area contributed by atoms with E-state index < -0.39 is 32.5 Å². The van der Waals surface area contributed by atoms with Gasteiger partial charge in [-0.05, 0) is 12.8 Å². The molecule has 2 unspecified atom stereocenters. The Hall–Kier alpha value is -0.380. The molecular formula is C11H18F7O4P. The largest absolute Gasteiger partial charge is 0.477 e. The maximum atomic E-state index is 13.4. The summed E-state index contributed by atoms with van der Waals surface area (Å²) in [5, 5.41) is 0. The number of hydrogen-bond acceptors (Lipinski definition) is 4. The highest BCUT2D eigenvalue weighted by molar-refractivity contribution is 7.48. The van der Waals surface area contributed by atoms with Crippen LogP contribution in [0.3, 0.4) is 0 Å².